The van der Waals surface area contributed by atoms with Crippen LogP contribution < -0.4 is 5.06 Å². The summed E-state index contributed by atoms with van der Waals surface area (Å²) in [4.78, 5) is 14.6. The fourth-order valence-electron chi connectivity index (χ4n) is 4.85. The van der Waals surface area contributed by atoms with Gasteiger partial charge in [-0.05, 0) is 76.5 Å². The minimum absolute atomic E-state index is 0.179. The number of piperidine rings is 1. The van der Waals surface area contributed by atoms with Gasteiger partial charge in [-0.25, -0.2) is 0 Å². The van der Waals surface area contributed by atoms with Crippen LogP contribution in [0.2, 0.25) is 5.02 Å². The van der Waals surface area contributed by atoms with Crippen molar-refractivity contribution in [2.45, 2.75) is 25.7 Å². The fourth-order valence-corrected chi connectivity index (χ4v) is 5.42. The minimum Gasteiger partial charge on any atom is -0.621 e. The number of hydrogen-bond acceptors (Lipinski definition) is 5. The summed E-state index contributed by atoms with van der Waals surface area (Å²) in [6, 6.07) is 11.5. The van der Waals surface area contributed by atoms with E-state index in [1.807, 2.05) is 17.2 Å². The zero-order valence-electron chi connectivity index (χ0n) is 18.8. The van der Waals surface area contributed by atoms with Gasteiger partial charge in [0.1, 0.15) is 5.69 Å². The zero-order chi connectivity index (χ0) is 24.4. The van der Waals surface area contributed by atoms with Gasteiger partial charge < -0.3 is 10.1 Å². The molecular formula is C26H22BrClN6O. The van der Waals surface area contributed by atoms with Crippen LogP contribution in [-0.4, -0.2) is 33.9 Å². The number of aryl methyl sites for hydroxylation is 2. The molecule has 0 radical (unpaired) electrons. The van der Waals surface area contributed by atoms with Crippen molar-refractivity contribution in [3.8, 4) is 6.19 Å². The van der Waals surface area contributed by atoms with E-state index in [9.17, 15) is 10.5 Å². The van der Waals surface area contributed by atoms with E-state index < -0.39 is 0 Å². The molecule has 2 aliphatic rings. The maximum atomic E-state index is 13.1. The predicted molar refractivity (Wildman–Crippen MR) is 139 cm³/mol. The molecule has 9 heteroatoms. The highest BCUT2D eigenvalue weighted by Crippen LogP contribution is 2.39. The number of guanidine groups is 1. The number of nitrogens with one attached hydrogen (secondary N) is 1. The van der Waals surface area contributed by atoms with Gasteiger partial charge in [0.25, 0.3) is 0 Å². The lowest BCUT2D eigenvalue weighted by Crippen LogP contribution is -3.07. The molecule has 0 saturated carbocycles. The molecule has 176 valence electrons. The second-order valence-corrected chi connectivity index (χ2v) is 9.88. The van der Waals surface area contributed by atoms with Crippen LogP contribution in [0.5, 0.6) is 0 Å². The van der Waals surface area contributed by atoms with Crippen LogP contribution >= 0.6 is 27.5 Å². The highest BCUT2D eigenvalue weighted by Gasteiger charge is 2.28. The number of likely N-dealkylation sites (tertiary alicyclic amines) is 1. The molecule has 2 aromatic heterocycles. The van der Waals surface area contributed by atoms with Crippen molar-refractivity contribution in [3.05, 3.63) is 97.6 Å². The molecule has 1 N–H and O–H groups in total. The van der Waals surface area contributed by atoms with Crippen LogP contribution in [0.1, 0.15) is 35.2 Å². The maximum absolute atomic E-state index is 13.1. The summed E-state index contributed by atoms with van der Waals surface area (Å²) < 4.78 is 0.964. The number of quaternary nitrogens is 1. The molecule has 0 bridgehead atoms. The number of nitrogens with zero attached hydrogens (tertiary/aromatic N) is 5. The van der Waals surface area contributed by atoms with Crippen molar-refractivity contribution in [2.75, 3.05) is 13.1 Å². The summed E-state index contributed by atoms with van der Waals surface area (Å²) in [6.45, 7) is 1.18. The molecule has 1 fully saturated rings. The van der Waals surface area contributed by atoms with E-state index in [1.54, 1.807) is 30.7 Å². The van der Waals surface area contributed by atoms with Crippen molar-refractivity contribution in [1.82, 2.24) is 14.9 Å². The second-order valence-electron chi connectivity index (χ2n) is 8.53. The van der Waals surface area contributed by atoms with E-state index in [-0.39, 0.29) is 11.0 Å². The van der Waals surface area contributed by atoms with Crippen LogP contribution in [0.4, 0.5) is 5.69 Å². The van der Waals surface area contributed by atoms with Gasteiger partial charge in [0.15, 0.2) is 0 Å². The molecule has 3 aromatic rings. The fraction of sp³-hybridized carbons (Fsp3) is 0.231. The first-order chi connectivity index (χ1) is 17.0. The Kier molecular flexibility index (Phi) is 6.93. The van der Waals surface area contributed by atoms with E-state index in [1.165, 1.54) is 22.3 Å². The van der Waals surface area contributed by atoms with E-state index in [2.05, 4.69) is 44.1 Å². The van der Waals surface area contributed by atoms with E-state index in [0.717, 1.165) is 46.4 Å². The summed E-state index contributed by atoms with van der Waals surface area (Å²) >= 11 is 9.91. The average molecular weight is 550 g/mol. The van der Waals surface area contributed by atoms with Gasteiger partial charge in [-0.1, -0.05) is 23.2 Å². The van der Waals surface area contributed by atoms with Crippen LogP contribution in [0.3, 0.4) is 0 Å². The van der Waals surface area contributed by atoms with E-state index >= 15 is 0 Å². The third-order valence-corrected chi connectivity index (χ3v) is 7.16. The molecule has 1 aromatic carbocycles. The van der Waals surface area contributed by atoms with Gasteiger partial charge in [-0.15, -0.1) is 4.99 Å². The van der Waals surface area contributed by atoms with Crippen molar-refractivity contribution < 1.29 is 5.06 Å². The standard InChI is InChI=1S/C26H22BrClN6O/c27-20-13-19-2-1-18-14-21(28)3-4-23(18)24(25(19)31-15-20)17-7-11-33(12-8-17)26(32-16-29)34(35)22-5-9-30-10-6-22/h3-6,9-10,13-15,34H,1-2,7-8,11-12H2. The Morgan fingerprint density at radius 2 is 1.83 bits per heavy atom. The Balaban J connectivity index is 1.50. The first-order valence-corrected chi connectivity index (χ1v) is 12.5. The number of aromatic nitrogens is 2. The first kappa shape index (κ1) is 23.6. The number of pyridine rings is 2. The second kappa shape index (κ2) is 10.3. The number of hydroxylamine groups is 1. The number of hydrogen-bond donors (Lipinski definition) is 1. The molecule has 35 heavy (non-hydrogen) atoms. The van der Waals surface area contributed by atoms with Crippen molar-refractivity contribution in [1.29, 1.82) is 5.26 Å². The first-order valence-electron chi connectivity index (χ1n) is 11.4. The predicted octanol–water partition coefficient (Wildman–Crippen LogP) is 4.44. The monoisotopic (exact) mass is 548 g/mol. The number of rotatable bonds is 1. The summed E-state index contributed by atoms with van der Waals surface area (Å²) in [6.07, 6.45) is 10.0. The lowest BCUT2D eigenvalue weighted by molar-refractivity contribution is -0.676. The van der Waals surface area contributed by atoms with Gasteiger partial charge in [0.05, 0.1) is 5.69 Å². The van der Waals surface area contributed by atoms with Gasteiger partial charge in [-0.3, -0.25) is 15.0 Å². The summed E-state index contributed by atoms with van der Waals surface area (Å²) in [5.41, 5.74) is 7.52. The molecule has 5 rings (SSSR count). The Morgan fingerprint density at radius 3 is 2.57 bits per heavy atom. The minimum atomic E-state index is -0.267. The van der Waals surface area contributed by atoms with Crippen LogP contribution in [0.15, 0.2) is 70.0 Å². The Bertz CT molecular complexity index is 1300. The Labute approximate surface area is 217 Å². The third kappa shape index (κ3) is 4.86. The van der Waals surface area contributed by atoms with Crippen LogP contribution in [0.25, 0.3) is 5.57 Å². The van der Waals surface area contributed by atoms with Crippen LogP contribution in [-0.2, 0) is 12.8 Å². The van der Waals surface area contributed by atoms with Gasteiger partial charge >= 0.3 is 5.96 Å². The molecule has 1 unspecified atom stereocenters. The normalized spacial score (nSPS) is 16.7. The molecule has 1 saturated heterocycles. The topological polar surface area (TPSA) is 92.7 Å². The molecule has 0 amide bonds. The largest absolute Gasteiger partial charge is 0.621 e. The number of nitriles is 1. The van der Waals surface area contributed by atoms with Crippen molar-refractivity contribution >= 4 is 44.8 Å². The number of fused-ring (bicyclic) bond motifs is 2. The van der Waals surface area contributed by atoms with E-state index in [0.29, 0.717) is 18.8 Å². The zero-order valence-corrected chi connectivity index (χ0v) is 21.2. The quantitative estimate of drug-likeness (QED) is 0.210. The maximum Gasteiger partial charge on any atom is 0.319 e. The van der Waals surface area contributed by atoms with E-state index in [4.69, 9.17) is 16.6 Å². The number of aliphatic imine (C=N–C) groups is 1. The number of benzene rings is 1. The summed E-state index contributed by atoms with van der Waals surface area (Å²) in [5.74, 6) is 0.179. The molecular weight excluding hydrogens is 528 g/mol. The molecule has 7 nitrogen and oxygen atoms in total. The lowest BCUT2D eigenvalue weighted by Gasteiger charge is -2.34. The summed E-state index contributed by atoms with van der Waals surface area (Å²) in [7, 11) is 0. The van der Waals surface area contributed by atoms with Crippen LogP contribution in [0, 0.1) is 16.7 Å². The average Bonchev–Trinajstić information content (AvgIpc) is 3.04. The Hall–Kier alpha value is -3.09. The summed E-state index contributed by atoms with van der Waals surface area (Å²) in [5, 5.41) is 22.8. The molecule has 3 heterocycles. The number of halogens is 2. The van der Waals surface area contributed by atoms with Gasteiger partial charge in [0.2, 0.25) is 6.19 Å². The molecule has 0 spiro atoms. The molecule has 1 atom stereocenters. The third-order valence-electron chi connectivity index (χ3n) is 6.49. The smallest absolute Gasteiger partial charge is 0.319 e. The Morgan fingerprint density at radius 1 is 1.09 bits per heavy atom. The highest BCUT2D eigenvalue weighted by atomic mass is 79.9. The van der Waals surface area contributed by atoms with Gasteiger partial charge in [0, 0.05) is 58.9 Å². The highest BCUT2D eigenvalue weighted by molar-refractivity contribution is 9.10. The lowest BCUT2D eigenvalue weighted by atomic mass is 9.88. The van der Waals surface area contributed by atoms with Crippen molar-refractivity contribution in [3.63, 3.8) is 0 Å². The van der Waals surface area contributed by atoms with Crippen molar-refractivity contribution in [2.24, 2.45) is 4.99 Å². The molecule has 1 aliphatic carbocycles. The molecule has 1 aliphatic heterocycles. The van der Waals surface area contributed by atoms with Gasteiger partial charge in [-0.2, -0.15) is 5.26 Å². The SMILES string of the molecule is N#CN=C(N1CCC(=C2c3ccc(Cl)cc3CCc3cc(Br)cnc32)CC1)[NH+]([O-])c1ccncc1.